The van der Waals surface area contributed by atoms with Gasteiger partial charge in [-0.25, -0.2) is 4.79 Å². The SMILES string of the molecule is CCOC(=O)c1ccccc1C(C)NC.Cl. The Morgan fingerprint density at radius 3 is 2.62 bits per heavy atom. The molecule has 1 rings (SSSR count). The van der Waals surface area contributed by atoms with Gasteiger partial charge in [-0.3, -0.25) is 0 Å². The Morgan fingerprint density at radius 1 is 1.44 bits per heavy atom. The summed E-state index contributed by atoms with van der Waals surface area (Å²) in [7, 11) is 1.87. The Labute approximate surface area is 103 Å². The lowest BCUT2D eigenvalue weighted by Crippen LogP contribution is -2.17. The van der Waals surface area contributed by atoms with E-state index < -0.39 is 0 Å². The van der Waals surface area contributed by atoms with Crippen molar-refractivity contribution in [2.24, 2.45) is 0 Å². The minimum absolute atomic E-state index is 0. The van der Waals surface area contributed by atoms with Gasteiger partial charge < -0.3 is 10.1 Å². The Balaban J connectivity index is 0.00000225. The van der Waals surface area contributed by atoms with E-state index in [2.05, 4.69) is 5.32 Å². The van der Waals surface area contributed by atoms with Crippen LogP contribution in [0, 0.1) is 0 Å². The summed E-state index contributed by atoms with van der Waals surface area (Å²) in [4.78, 5) is 11.6. The Hall–Kier alpha value is -1.06. The summed E-state index contributed by atoms with van der Waals surface area (Å²) in [5.41, 5.74) is 1.61. The van der Waals surface area contributed by atoms with Crippen molar-refractivity contribution in [2.45, 2.75) is 19.9 Å². The maximum atomic E-state index is 11.6. The van der Waals surface area contributed by atoms with Gasteiger partial charge in [-0.05, 0) is 32.5 Å². The minimum Gasteiger partial charge on any atom is -0.462 e. The van der Waals surface area contributed by atoms with E-state index in [1.165, 1.54) is 0 Å². The first-order chi connectivity index (χ1) is 7.20. The minimum atomic E-state index is -0.254. The molecule has 0 aliphatic carbocycles. The predicted molar refractivity (Wildman–Crippen MR) is 67.1 cm³/mol. The van der Waals surface area contributed by atoms with Crippen LogP contribution >= 0.6 is 12.4 Å². The third kappa shape index (κ3) is 3.51. The summed E-state index contributed by atoms with van der Waals surface area (Å²) >= 11 is 0. The van der Waals surface area contributed by atoms with E-state index in [0.717, 1.165) is 5.56 Å². The molecule has 0 aliphatic rings. The highest BCUT2D eigenvalue weighted by molar-refractivity contribution is 5.91. The van der Waals surface area contributed by atoms with Crippen LogP contribution in [0.25, 0.3) is 0 Å². The van der Waals surface area contributed by atoms with Crippen LogP contribution in [0.4, 0.5) is 0 Å². The van der Waals surface area contributed by atoms with Crippen molar-refractivity contribution >= 4 is 18.4 Å². The molecule has 1 aromatic carbocycles. The number of hydrogen-bond donors (Lipinski definition) is 1. The molecular weight excluding hydrogens is 226 g/mol. The van der Waals surface area contributed by atoms with Crippen molar-refractivity contribution in [1.29, 1.82) is 0 Å². The van der Waals surface area contributed by atoms with E-state index in [1.807, 2.05) is 39.1 Å². The maximum Gasteiger partial charge on any atom is 0.338 e. The van der Waals surface area contributed by atoms with Crippen LogP contribution in [0.1, 0.15) is 35.8 Å². The molecule has 1 unspecified atom stereocenters. The first-order valence-electron chi connectivity index (χ1n) is 5.14. The summed E-state index contributed by atoms with van der Waals surface area (Å²) in [6.07, 6.45) is 0. The first kappa shape index (κ1) is 14.9. The molecule has 1 N–H and O–H groups in total. The maximum absolute atomic E-state index is 11.6. The summed E-state index contributed by atoms with van der Waals surface area (Å²) in [6, 6.07) is 7.64. The van der Waals surface area contributed by atoms with Crippen molar-refractivity contribution < 1.29 is 9.53 Å². The third-order valence-corrected chi connectivity index (χ3v) is 2.36. The van der Waals surface area contributed by atoms with Gasteiger partial charge >= 0.3 is 5.97 Å². The third-order valence-electron chi connectivity index (χ3n) is 2.36. The van der Waals surface area contributed by atoms with Gasteiger partial charge in [0.2, 0.25) is 0 Å². The smallest absolute Gasteiger partial charge is 0.338 e. The lowest BCUT2D eigenvalue weighted by Gasteiger charge is -2.14. The lowest BCUT2D eigenvalue weighted by molar-refractivity contribution is 0.0524. The second-order valence-corrected chi connectivity index (χ2v) is 3.32. The molecule has 0 aliphatic heterocycles. The fourth-order valence-corrected chi connectivity index (χ4v) is 1.42. The van der Waals surface area contributed by atoms with Gasteiger partial charge in [0.05, 0.1) is 12.2 Å². The number of nitrogens with one attached hydrogen (secondary N) is 1. The zero-order valence-electron chi connectivity index (χ0n) is 9.82. The van der Waals surface area contributed by atoms with Crippen LogP contribution in [0.15, 0.2) is 24.3 Å². The number of carbonyl (C=O) groups is 1. The molecule has 0 aromatic heterocycles. The van der Waals surface area contributed by atoms with Crippen molar-refractivity contribution in [3.63, 3.8) is 0 Å². The lowest BCUT2D eigenvalue weighted by atomic mass is 10.0. The van der Waals surface area contributed by atoms with Gasteiger partial charge in [0.1, 0.15) is 0 Å². The second-order valence-electron chi connectivity index (χ2n) is 3.32. The molecule has 0 saturated carbocycles. The van der Waals surface area contributed by atoms with Gasteiger partial charge in [0.25, 0.3) is 0 Å². The summed E-state index contributed by atoms with van der Waals surface area (Å²) in [5.74, 6) is -0.254. The zero-order chi connectivity index (χ0) is 11.3. The van der Waals surface area contributed by atoms with E-state index in [-0.39, 0.29) is 24.4 Å². The molecule has 16 heavy (non-hydrogen) atoms. The molecule has 0 spiro atoms. The Bertz CT molecular complexity index is 342. The summed E-state index contributed by atoms with van der Waals surface area (Å²) in [5, 5.41) is 3.11. The van der Waals surface area contributed by atoms with Gasteiger partial charge in [-0.15, -0.1) is 12.4 Å². The molecule has 90 valence electrons. The van der Waals surface area contributed by atoms with Gasteiger partial charge in [0, 0.05) is 6.04 Å². The molecule has 1 atom stereocenters. The van der Waals surface area contributed by atoms with E-state index in [0.29, 0.717) is 12.2 Å². The number of esters is 1. The van der Waals surface area contributed by atoms with E-state index >= 15 is 0 Å². The number of rotatable bonds is 4. The molecule has 0 fully saturated rings. The highest BCUT2D eigenvalue weighted by Crippen LogP contribution is 2.18. The van der Waals surface area contributed by atoms with Crippen LogP contribution in [-0.2, 0) is 4.74 Å². The van der Waals surface area contributed by atoms with Crippen LogP contribution in [0.2, 0.25) is 0 Å². The molecule has 0 bridgehead atoms. The molecule has 0 heterocycles. The number of ether oxygens (including phenoxy) is 1. The number of benzene rings is 1. The van der Waals surface area contributed by atoms with Crippen molar-refractivity contribution in [3.05, 3.63) is 35.4 Å². The van der Waals surface area contributed by atoms with Crippen LogP contribution in [0.5, 0.6) is 0 Å². The van der Waals surface area contributed by atoms with Crippen LogP contribution < -0.4 is 5.32 Å². The fraction of sp³-hybridized carbons (Fsp3) is 0.417. The van der Waals surface area contributed by atoms with Gasteiger partial charge in [-0.2, -0.15) is 0 Å². The average molecular weight is 244 g/mol. The predicted octanol–water partition coefficient (Wildman–Crippen LogP) is 2.57. The normalized spacial score (nSPS) is 11.4. The number of halogens is 1. The standard InChI is InChI=1S/C12H17NO2.ClH/c1-4-15-12(14)11-8-6-5-7-10(11)9(2)13-3;/h5-9,13H,4H2,1-3H3;1H. The molecule has 4 heteroatoms. The van der Waals surface area contributed by atoms with E-state index in [4.69, 9.17) is 4.74 Å². The van der Waals surface area contributed by atoms with E-state index in [1.54, 1.807) is 6.07 Å². The summed E-state index contributed by atoms with van der Waals surface area (Å²) in [6.45, 7) is 4.22. The first-order valence-corrected chi connectivity index (χ1v) is 5.14. The molecule has 0 saturated heterocycles. The monoisotopic (exact) mass is 243 g/mol. The van der Waals surface area contributed by atoms with Gasteiger partial charge in [0.15, 0.2) is 0 Å². The highest BCUT2D eigenvalue weighted by Gasteiger charge is 2.14. The fourth-order valence-electron chi connectivity index (χ4n) is 1.42. The van der Waals surface area contributed by atoms with Crippen LogP contribution in [0.3, 0.4) is 0 Å². The molecule has 3 nitrogen and oxygen atoms in total. The second kappa shape index (κ2) is 7.25. The largest absolute Gasteiger partial charge is 0.462 e. The zero-order valence-corrected chi connectivity index (χ0v) is 10.6. The molecule has 1 aromatic rings. The number of hydrogen-bond acceptors (Lipinski definition) is 3. The Kier molecular flexibility index (Phi) is 6.77. The average Bonchev–Trinajstić information content (AvgIpc) is 2.28. The van der Waals surface area contributed by atoms with Crippen LogP contribution in [-0.4, -0.2) is 19.6 Å². The highest BCUT2D eigenvalue weighted by atomic mass is 35.5. The Morgan fingerprint density at radius 2 is 2.06 bits per heavy atom. The van der Waals surface area contributed by atoms with E-state index in [9.17, 15) is 4.79 Å². The number of carbonyl (C=O) groups excluding carboxylic acids is 1. The topological polar surface area (TPSA) is 38.3 Å². The quantitative estimate of drug-likeness (QED) is 0.826. The van der Waals surface area contributed by atoms with Crippen molar-refractivity contribution in [2.75, 3.05) is 13.7 Å². The molecule has 0 amide bonds. The van der Waals surface area contributed by atoms with Crippen molar-refractivity contribution in [1.82, 2.24) is 5.32 Å². The molecule has 0 radical (unpaired) electrons. The molecular formula is C12H18ClNO2. The summed E-state index contributed by atoms with van der Waals surface area (Å²) < 4.78 is 5.00. The van der Waals surface area contributed by atoms with Crippen molar-refractivity contribution in [3.8, 4) is 0 Å². The van der Waals surface area contributed by atoms with Gasteiger partial charge in [-0.1, -0.05) is 18.2 Å².